The Morgan fingerprint density at radius 1 is 1.17 bits per heavy atom. The molecule has 18 heavy (non-hydrogen) atoms. The van der Waals surface area contributed by atoms with E-state index in [2.05, 4.69) is 5.32 Å². The molecule has 3 rings (SSSR count). The zero-order valence-corrected chi connectivity index (χ0v) is 9.88. The molecule has 1 amide bonds. The number of benzene rings is 1. The molecule has 2 aliphatic heterocycles. The SMILES string of the molecule is O=C1Nc2cc(F)c(F)cc2N2CCCCCC12. The predicted octanol–water partition coefficient (Wildman–Crippen LogP) is 2.67. The van der Waals surface area contributed by atoms with Gasteiger partial charge in [0.1, 0.15) is 6.04 Å². The number of anilines is 2. The lowest BCUT2D eigenvalue weighted by molar-refractivity contribution is -0.117. The van der Waals surface area contributed by atoms with Gasteiger partial charge < -0.3 is 10.2 Å². The van der Waals surface area contributed by atoms with Crippen molar-refractivity contribution in [2.45, 2.75) is 31.7 Å². The molecule has 1 unspecified atom stereocenters. The van der Waals surface area contributed by atoms with Gasteiger partial charge in [-0.2, -0.15) is 0 Å². The number of carbonyl (C=O) groups is 1. The summed E-state index contributed by atoms with van der Waals surface area (Å²) in [5.41, 5.74) is 0.970. The first kappa shape index (κ1) is 11.4. The standard InChI is InChI=1S/C13H14F2N2O/c14-8-6-10-12(7-9(8)15)17-5-3-1-2-4-11(17)13(18)16-10/h6-7,11H,1-5H2,(H,16,18). The number of carbonyl (C=O) groups excluding carboxylic acids is 1. The quantitative estimate of drug-likeness (QED) is 0.770. The second-order valence-electron chi connectivity index (χ2n) is 4.83. The Kier molecular flexibility index (Phi) is 2.69. The number of amides is 1. The number of fused-ring (bicyclic) bond motifs is 3. The minimum Gasteiger partial charge on any atom is -0.358 e. The van der Waals surface area contributed by atoms with Gasteiger partial charge in [-0.1, -0.05) is 12.8 Å². The minimum atomic E-state index is -0.928. The van der Waals surface area contributed by atoms with Gasteiger partial charge in [0.25, 0.3) is 0 Å². The maximum atomic E-state index is 13.3. The van der Waals surface area contributed by atoms with Crippen LogP contribution in [0, 0.1) is 11.6 Å². The van der Waals surface area contributed by atoms with Crippen molar-refractivity contribution < 1.29 is 13.6 Å². The molecule has 3 nitrogen and oxygen atoms in total. The molecule has 2 heterocycles. The minimum absolute atomic E-state index is 0.115. The summed E-state index contributed by atoms with van der Waals surface area (Å²) >= 11 is 0. The van der Waals surface area contributed by atoms with Crippen LogP contribution in [0.25, 0.3) is 0 Å². The van der Waals surface area contributed by atoms with Gasteiger partial charge in [-0.15, -0.1) is 0 Å². The Bertz CT molecular complexity index is 504. The number of hydrogen-bond donors (Lipinski definition) is 1. The van der Waals surface area contributed by atoms with Gasteiger partial charge >= 0.3 is 0 Å². The van der Waals surface area contributed by atoms with Gasteiger partial charge in [0, 0.05) is 18.7 Å². The highest BCUT2D eigenvalue weighted by atomic mass is 19.2. The van der Waals surface area contributed by atoms with Crippen molar-refractivity contribution >= 4 is 17.3 Å². The van der Waals surface area contributed by atoms with Crippen LogP contribution in [-0.2, 0) is 4.79 Å². The Labute approximate surface area is 104 Å². The molecule has 0 radical (unpaired) electrons. The summed E-state index contributed by atoms with van der Waals surface area (Å²) in [6, 6.07) is 2.00. The van der Waals surface area contributed by atoms with Gasteiger partial charge in [-0.3, -0.25) is 4.79 Å². The second-order valence-corrected chi connectivity index (χ2v) is 4.83. The van der Waals surface area contributed by atoms with Crippen molar-refractivity contribution in [1.82, 2.24) is 0 Å². The first-order valence-corrected chi connectivity index (χ1v) is 6.23. The molecule has 0 saturated carbocycles. The number of rotatable bonds is 0. The van der Waals surface area contributed by atoms with E-state index in [9.17, 15) is 13.6 Å². The van der Waals surface area contributed by atoms with E-state index in [1.54, 1.807) is 0 Å². The molecule has 96 valence electrons. The average Bonchev–Trinajstić information content (AvgIpc) is 2.58. The van der Waals surface area contributed by atoms with Crippen molar-refractivity contribution in [1.29, 1.82) is 0 Å². The van der Waals surface area contributed by atoms with Gasteiger partial charge in [-0.05, 0) is 12.8 Å². The van der Waals surface area contributed by atoms with Gasteiger partial charge in [0.15, 0.2) is 11.6 Å². The van der Waals surface area contributed by atoms with E-state index < -0.39 is 11.6 Å². The van der Waals surface area contributed by atoms with E-state index >= 15 is 0 Å². The lowest BCUT2D eigenvalue weighted by atomic mass is 10.0. The van der Waals surface area contributed by atoms with E-state index in [1.807, 2.05) is 4.90 Å². The summed E-state index contributed by atoms with van der Waals surface area (Å²) in [5.74, 6) is -1.91. The zero-order valence-electron chi connectivity index (χ0n) is 9.88. The monoisotopic (exact) mass is 252 g/mol. The number of hydrogen-bond acceptors (Lipinski definition) is 2. The number of nitrogens with zero attached hydrogens (tertiary/aromatic N) is 1. The molecule has 1 saturated heterocycles. The van der Waals surface area contributed by atoms with Gasteiger partial charge in [-0.25, -0.2) is 8.78 Å². The molecule has 1 fully saturated rings. The summed E-state index contributed by atoms with van der Waals surface area (Å²) < 4.78 is 26.5. The first-order valence-electron chi connectivity index (χ1n) is 6.23. The molecule has 0 aliphatic carbocycles. The Morgan fingerprint density at radius 2 is 1.94 bits per heavy atom. The third-order valence-electron chi connectivity index (χ3n) is 3.66. The molecule has 0 aromatic heterocycles. The van der Waals surface area contributed by atoms with E-state index in [1.165, 1.54) is 6.07 Å². The van der Waals surface area contributed by atoms with Crippen LogP contribution in [-0.4, -0.2) is 18.5 Å². The van der Waals surface area contributed by atoms with Gasteiger partial charge in [0.2, 0.25) is 5.91 Å². The first-order chi connectivity index (χ1) is 8.66. The summed E-state index contributed by atoms with van der Waals surface area (Å²) in [7, 11) is 0. The largest absolute Gasteiger partial charge is 0.358 e. The van der Waals surface area contributed by atoms with Crippen LogP contribution < -0.4 is 10.2 Å². The molecular weight excluding hydrogens is 238 g/mol. The maximum Gasteiger partial charge on any atom is 0.247 e. The maximum absolute atomic E-state index is 13.3. The van der Waals surface area contributed by atoms with Crippen LogP contribution in [0.5, 0.6) is 0 Å². The smallest absolute Gasteiger partial charge is 0.247 e. The highest BCUT2D eigenvalue weighted by Gasteiger charge is 2.34. The van der Waals surface area contributed by atoms with E-state index in [-0.39, 0.29) is 11.9 Å². The van der Waals surface area contributed by atoms with Crippen LogP contribution in [0.2, 0.25) is 0 Å². The highest BCUT2D eigenvalue weighted by molar-refractivity contribution is 6.03. The zero-order chi connectivity index (χ0) is 12.7. The Balaban J connectivity index is 2.08. The van der Waals surface area contributed by atoms with Crippen molar-refractivity contribution in [3.05, 3.63) is 23.8 Å². The van der Waals surface area contributed by atoms with E-state index in [0.29, 0.717) is 11.4 Å². The summed E-state index contributed by atoms with van der Waals surface area (Å²) in [4.78, 5) is 13.9. The van der Waals surface area contributed by atoms with Crippen molar-refractivity contribution in [2.24, 2.45) is 0 Å². The lowest BCUT2D eigenvalue weighted by Gasteiger charge is -2.36. The molecule has 1 aromatic rings. The van der Waals surface area contributed by atoms with Gasteiger partial charge in [0.05, 0.1) is 11.4 Å². The van der Waals surface area contributed by atoms with E-state index in [4.69, 9.17) is 0 Å². The normalized spacial score (nSPS) is 22.9. The predicted molar refractivity (Wildman–Crippen MR) is 64.6 cm³/mol. The van der Waals surface area contributed by atoms with Crippen LogP contribution in [0.1, 0.15) is 25.7 Å². The van der Waals surface area contributed by atoms with Crippen LogP contribution in [0.4, 0.5) is 20.2 Å². The molecule has 5 heteroatoms. The van der Waals surface area contributed by atoms with Crippen molar-refractivity contribution in [3.63, 3.8) is 0 Å². The average molecular weight is 252 g/mol. The van der Waals surface area contributed by atoms with Crippen molar-refractivity contribution in [2.75, 3.05) is 16.8 Å². The van der Waals surface area contributed by atoms with Crippen LogP contribution in [0.15, 0.2) is 12.1 Å². The molecular formula is C13H14F2N2O. The highest BCUT2D eigenvalue weighted by Crippen LogP contribution is 2.36. The molecule has 1 aromatic carbocycles. The van der Waals surface area contributed by atoms with Crippen LogP contribution >= 0.6 is 0 Å². The Morgan fingerprint density at radius 3 is 2.78 bits per heavy atom. The number of nitrogens with one attached hydrogen (secondary N) is 1. The fraction of sp³-hybridized carbons (Fsp3) is 0.462. The van der Waals surface area contributed by atoms with Crippen molar-refractivity contribution in [3.8, 4) is 0 Å². The summed E-state index contributed by atoms with van der Waals surface area (Å²) in [5, 5.41) is 2.67. The van der Waals surface area contributed by atoms with E-state index in [0.717, 1.165) is 38.3 Å². The summed E-state index contributed by atoms with van der Waals surface area (Å²) in [6.07, 6.45) is 3.80. The molecule has 1 N–H and O–H groups in total. The fourth-order valence-electron chi connectivity index (χ4n) is 2.76. The molecule has 0 spiro atoms. The molecule has 0 bridgehead atoms. The fourth-order valence-corrected chi connectivity index (χ4v) is 2.76. The second kappa shape index (κ2) is 4.23. The topological polar surface area (TPSA) is 32.3 Å². The number of halogens is 2. The Hall–Kier alpha value is -1.65. The third-order valence-corrected chi connectivity index (χ3v) is 3.66. The lowest BCUT2D eigenvalue weighted by Crippen LogP contribution is -2.47. The summed E-state index contributed by atoms with van der Waals surface area (Å²) in [6.45, 7) is 0.718. The molecule has 2 aliphatic rings. The third kappa shape index (κ3) is 1.74. The van der Waals surface area contributed by atoms with Crippen LogP contribution in [0.3, 0.4) is 0 Å². The molecule has 1 atom stereocenters.